The van der Waals surface area contributed by atoms with E-state index in [1.165, 1.54) is 19.1 Å². The summed E-state index contributed by atoms with van der Waals surface area (Å²) in [5, 5.41) is 0. The van der Waals surface area contributed by atoms with Gasteiger partial charge in [-0.05, 0) is 32.6 Å². The molecule has 1 unspecified atom stereocenters. The molecule has 19 heavy (non-hydrogen) atoms. The maximum Gasteiger partial charge on any atom is 0.312 e. The summed E-state index contributed by atoms with van der Waals surface area (Å²) >= 11 is 0. The number of ether oxygens (including phenoxy) is 1. The van der Waals surface area contributed by atoms with Crippen molar-refractivity contribution in [1.82, 2.24) is 0 Å². The third kappa shape index (κ3) is 1.44. The van der Waals surface area contributed by atoms with Gasteiger partial charge in [0.05, 0.1) is 18.4 Å². The number of ketones is 1. The molecule has 3 heteroatoms. The van der Waals surface area contributed by atoms with E-state index >= 15 is 0 Å². The highest BCUT2D eigenvalue weighted by Crippen LogP contribution is 2.63. The molecule has 0 aromatic heterocycles. The molecule has 4 aliphatic carbocycles. The Morgan fingerprint density at radius 1 is 1.42 bits per heavy atom. The van der Waals surface area contributed by atoms with Gasteiger partial charge < -0.3 is 4.74 Å². The van der Waals surface area contributed by atoms with Crippen molar-refractivity contribution in [3.05, 3.63) is 11.6 Å². The van der Waals surface area contributed by atoms with Crippen LogP contribution >= 0.6 is 0 Å². The Bertz CT molecular complexity index is 478. The molecule has 0 aromatic rings. The molecule has 0 aromatic carbocycles. The zero-order valence-electron chi connectivity index (χ0n) is 12.0. The molecule has 0 amide bonds. The number of carbonyl (C=O) groups excluding carboxylic acids is 2. The van der Waals surface area contributed by atoms with Crippen molar-refractivity contribution < 1.29 is 14.3 Å². The molecule has 4 aliphatic rings. The molecule has 1 spiro atoms. The second-order valence-corrected chi connectivity index (χ2v) is 6.74. The van der Waals surface area contributed by atoms with Crippen LogP contribution in [0.5, 0.6) is 0 Å². The summed E-state index contributed by atoms with van der Waals surface area (Å²) in [5.74, 6) is -0.191. The van der Waals surface area contributed by atoms with Crippen LogP contribution in [-0.2, 0) is 14.3 Å². The quantitative estimate of drug-likeness (QED) is 0.539. The van der Waals surface area contributed by atoms with Crippen LogP contribution in [0.1, 0.15) is 46.0 Å². The van der Waals surface area contributed by atoms with Crippen molar-refractivity contribution in [2.75, 3.05) is 7.11 Å². The number of fused-ring (bicyclic) bond motifs is 2. The molecular weight excluding hydrogens is 240 g/mol. The van der Waals surface area contributed by atoms with Crippen LogP contribution in [0, 0.1) is 22.7 Å². The van der Waals surface area contributed by atoms with Gasteiger partial charge in [-0.15, -0.1) is 0 Å². The Balaban J connectivity index is 2.12. The Morgan fingerprint density at radius 2 is 2.16 bits per heavy atom. The van der Waals surface area contributed by atoms with Gasteiger partial charge in [0, 0.05) is 11.3 Å². The van der Waals surface area contributed by atoms with Gasteiger partial charge in [0.25, 0.3) is 0 Å². The summed E-state index contributed by atoms with van der Waals surface area (Å²) in [6.45, 7) is 3.97. The fraction of sp³-hybridized carbons (Fsp3) is 0.750. The van der Waals surface area contributed by atoms with Gasteiger partial charge >= 0.3 is 5.97 Å². The molecule has 2 fully saturated rings. The minimum atomic E-state index is -0.654. The van der Waals surface area contributed by atoms with Crippen LogP contribution in [0.4, 0.5) is 0 Å². The maximum absolute atomic E-state index is 12.6. The summed E-state index contributed by atoms with van der Waals surface area (Å²) in [6.07, 6.45) is 7.43. The first-order valence-electron chi connectivity index (χ1n) is 7.29. The Hall–Kier alpha value is -1.12. The van der Waals surface area contributed by atoms with Gasteiger partial charge in [0.15, 0.2) is 0 Å². The zero-order chi connectivity index (χ0) is 13.8. The van der Waals surface area contributed by atoms with Crippen LogP contribution in [0.3, 0.4) is 0 Å². The fourth-order valence-corrected chi connectivity index (χ4v) is 4.78. The largest absolute Gasteiger partial charge is 0.469 e. The second kappa shape index (κ2) is 3.94. The number of hydrogen-bond donors (Lipinski definition) is 0. The van der Waals surface area contributed by atoms with Gasteiger partial charge in [-0.2, -0.15) is 0 Å². The van der Waals surface area contributed by atoms with Gasteiger partial charge in [0.2, 0.25) is 0 Å². The Kier molecular flexibility index (Phi) is 2.67. The molecular formula is C16H22O3. The third-order valence-corrected chi connectivity index (χ3v) is 5.91. The van der Waals surface area contributed by atoms with Crippen molar-refractivity contribution >= 4 is 11.8 Å². The molecule has 4 atom stereocenters. The standard InChI is InChI=1S/C16H22O3/c1-10-13(17)12-8-11-6-4-5-7-16(10,11)9-15(12,2)14(18)19-3/h8,10,12H,4-7,9H2,1-3H3/t10?,12-,15+,16-/m0/s1. The van der Waals surface area contributed by atoms with Crippen molar-refractivity contribution in [3.63, 3.8) is 0 Å². The summed E-state index contributed by atoms with van der Waals surface area (Å²) in [4.78, 5) is 24.8. The van der Waals surface area contributed by atoms with E-state index in [2.05, 4.69) is 13.0 Å². The third-order valence-electron chi connectivity index (χ3n) is 5.91. The number of Topliss-reactive ketones (excluding diaryl/α,β-unsaturated/α-hetero) is 1. The van der Waals surface area contributed by atoms with Crippen LogP contribution in [0.2, 0.25) is 0 Å². The van der Waals surface area contributed by atoms with E-state index in [0.717, 1.165) is 25.7 Å². The van der Waals surface area contributed by atoms with E-state index in [1.54, 1.807) is 0 Å². The normalized spacial score (nSPS) is 44.6. The van der Waals surface area contributed by atoms with Crippen LogP contribution in [0.25, 0.3) is 0 Å². The average Bonchev–Trinajstić information content (AvgIpc) is 2.42. The molecule has 0 aliphatic heterocycles. The number of rotatable bonds is 1. The molecule has 0 N–H and O–H groups in total. The predicted octanol–water partition coefficient (Wildman–Crippen LogP) is 2.89. The maximum atomic E-state index is 12.6. The van der Waals surface area contributed by atoms with Crippen LogP contribution in [-0.4, -0.2) is 18.9 Å². The van der Waals surface area contributed by atoms with E-state index < -0.39 is 5.41 Å². The summed E-state index contributed by atoms with van der Waals surface area (Å²) < 4.78 is 4.98. The van der Waals surface area contributed by atoms with Gasteiger partial charge in [-0.3, -0.25) is 9.59 Å². The van der Waals surface area contributed by atoms with Crippen LogP contribution in [0.15, 0.2) is 11.6 Å². The highest BCUT2D eigenvalue weighted by atomic mass is 16.5. The molecule has 2 saturated carbocycles. The van der Waals surface area contributed by atoms with Crippen LogP contribution < -0.4 is 0 Å². The SMILES string of the molecule is COC(=O)[C@]1(C)C[C@]23CCCCC2=C[C@H]1C(=O)C3C. The lowest BCUT2D eigenvalue weighted by atomic mass is 9.44. The van der Waals surface area contributed by atoms with E-state index in [0.29, 0.717) is 0 Å². The van der Waals surface area contributed by atoms with E-state index in [9.17, 15) is 9.59 Å². The number of hydrogen-bond acceptors (Lipinski definition) is 3. The molecule has 104 valence electrons. The molecule has 0 heterocycles. The average molecular weight is 262 g/mol. The topological polar surface area (TPSA) is 43.4 Å². The lowest BCUT2D eigenvalue weighted by Gasteiger charge is -2.58. The number of methoxy groups -OCH3 is 1. The summed E-state index contributed by atoms with van der Waals surface area (Å²) in [6, 6.07) is 0. The van der Waals surface area contributed by atoms with E-state index in [-0.39, 0.29) is 29.0 Å². The van der Waals surface area contributed by atoms with Gasteiger partial charge in [-0.25, -0.2) is 0 Å². The van der Waals surface area contributed by atoms with Crippen molar-refractivity contribution in [3.8, 4) is 0 Å². The number of esters is 1. The first-order chi connectivity index (χ1) is 8.95. The first kappa shape index (κ1) is 12.9. The number of carbonyl (C=O) groups is 2. The minimum Gasteiger partial charge on any atom is -0.469 e. The molecule has 2 bridgehead atoms. The molecule has 3 nitrogen and oxygen atoms in total. The second-order valence-electron chi connectivity index (χ2n) is 6.74. The monoisotopic (exact) mass is 262 g/mol. The highest BCUT2D eigenvalue weighted by Gasteiger charge is 2.63. The molecule has 4 rings (SSSR count). The van der Waals surface area contributed by atoms with Crippen molar-refractivity contribution in [2.24, 2.45) is 22.7 Å². The Labute approximate surface area is 114 Å². The fourth-order valence-electron chi connectivity index (χ4n) is 4.78. The summed E-state index contributed by atoms with van der Waals surface area (Å²) in [7, 11) is 1.42. The first-order valence-corrected chi connectivity index (χ1v) is 7.29. The summed E-state index contributed by atoms with van der Waals surface area (Å²) in [5.41, 5.74) is 0.726. The highest BCUT2D eigenvalue weighted by molar-refractivity contribution is 5.95. The lowest BCUT2D eigenvalue weighted by Crippen LogP contribution is -2.59. The minimum absolute atomic E-state index is 0.0625. The van der Waals surface area contributed by atoms with Gasteiger partial charge in [0.1, 0.15) is 5.78 Å². The molecule has 0 radical (unpaired) electrons. The zero-order valence-corrected chi connectivity index (χ0v) is 12.0. The smallest absolute Gasteiger partial charge is 0.312 e. The van der Waals surface area contributed by atoms with E-state index in [1.807, 2.05) is 6.92 Å². The lowest BCUT2D eigenvalue weighted by molar-refractivity contribution is -0.169. The van der Waals surface area contributed by atoms with Crippen molar-refractivity contribution in [2.45, 2.75) is 46.0 Å². The van der Waals surface area contributed by atoms with Crippen molar-refractivity contribution in [1.29, 1.82) is 0 Å². The predicted molar refractivity (Wildman–Crippen MR) is 71.4 cm³/mol. The van der Waals surface area contributed by atoms with Gasteiger partial charge in [-0.1, -0.05) is 25.0 Å². The number of allylic oxidation sites excluding steroid dienone is 2. The molecule has 0 saturated heterocycles. The Morgan fingerprint density at radius 3 is 2.84 bits per heavy atom. The van der Waals surface area contributed by atoms with E-state index in [4.69, 9.17) is 4.74 Å².